The summed E-state index contributed by atoms with van der Waals surface area (Å²) in [5.41, 5.74) is 6.01. The number of hydrogen-bond acceptors (Lipinski definition) is 4. The highest BCUT2D eigenvalue weighted by Crippen LogP contribution is 2.27. The number of sulfonamides is 1. The fourth-order valence-electron chi connectivity index (χ4n) is 1.50. The zero-order valence-electron chi connectivity index (χ0n) is 12.0. The Labute approximate surface area is 139 Å². The largest absolute Gasteiger partial charge is 0.329 e. The summed E-state index contributed by atoms with van der Waals surface area (Å²) < 4.78 is 26.5. The minimum Gasteiger partial charge on any atom is -0.329 e. The molecule has 3 N–H and O–H groups in total. The van der Waals surface area contributed by atoms with E-state index in [9.17, 15) is 13.2 Å². The molecule has 1 atom stereocenters. The van der Waals surface area contributed by atoms with E-state index in [1.54, 1.807) is 13.0 Å². The highest BCUT2D eigenvalue weighted by atomic mass is 79.9. The molecule has 1 amide bonds. The predicted octanol–water partition coefficient (Wildman–Crippen LogP) is 1.80. The van der Waals surface area contributed by atoms with E-state index in [1.165, 1.54) is 30.4 Å². The number of halogens is 2. The van der Waals surface area contributed by atoms with Gasteiger partial charge in [0, 0.05) is 31.0 Å². The number of amides is 1. The van der Waals surface area contributed by atoms with Gasteiger partial charge in [-0.1, -0.05) is 0 Å². The van der Waals surface area contributed by atoms with E-state index in [0.29, 0.717) is 10.2 Å². The average Bonchev–Trinajstić information content (AvgIpc) is 2.38. The summed E-state index contributed by atoms with van der Waals surface area (Å²) >= 11 is 3.25. The molecule has 6 nitrogen and oxygen atoms in total. The van der Waals surface area contributed by atoms with Crippen molar-refractivity contribution < 1.29 is 13.2 Å². The van der Waals surface area contributed by atoms with Crippen LogP contribution in [0.4, 0.5) is 5.69 Å². The van der Waals surface area contributed by atoms with Crippen LogP contribution in [-0.2, 0) is 14.8 Å². The summed E-state index contributed by atoms with van der Waals surface area (Å²) in [6.07, 6.45) is 0. The zero-order chi connectivity index (χ0) is 15.5. The Kier molecular flexibility index (Phi) is 7.83. The van der Waals surface area contributed by atoms with E-state index in [-0.39, 0.29) is 35.8 Å². The average molecular weight is 401 g/mol. The van der Waals surface area contributed by atoms with Crippen LogP contribution in [-0.4, -0.2) is 38.3 Å². The molecule has 0 aliphatic carbocycles. The number of nitrogens with two attached hydrogens (primary N) is 1. The lowest BCUT2D eigenvalue weighted by atomic mass is 10.3. The van der Waals surface area contributed by atoms with Gasteiger partial charge in [-0.2, -0.15) is 4.31 Å². The third-order valence-electron chi connectivity index (χ3n) is 2.89. The number of carbonyl (C=O) groups is 1. The van der Waals surface area contributed by atoms with Gasteiger partial charge in [-0.15, -0.1) is 12.4 Å². The number of nitrogens with one attached hydrogen (secondary N) is 1. The second-order valence-corrected chi connectivity index (χ2v) is 7.28. The third-order valence-corrected chi connectivity index (χ3v) is 5.51. The van der Waals surface area contributed by atoms with Crippen molar-refractivity contribution in [2.24, 2.45) is 5.73 Å². The molecule has 0 heterocycles. The van der Waals surface area contributed by atoms with E-state index in [4.69, 9.17) is 5.73 Å². The molecular weight excluding hydrogens is 382 g/mol. The Morgan fingerprint density at radius 2 is 2.05 bits per heavy atom. The second kappa shape index (κ2) is 8.09. The first-order valence-electron chi connectivity index (χ1n) is 5.95. The van der Waals surface area contributed by atoms with Crippen LogP contribution < -0.4 is 11.1 Å². The first-order chi connectivity index (χ1) is 9.20. The highest BCUT2D eigenvalue weighted by Gasteiger charge is 2.25. The summed E-state index contributed by atoms with van der Waals surface area (Å²) in [5.74, 6) is -0.227. The van der Waals surface area contributed by atoms with Gasteiger partial charge >= 0.3 is 0 Å². The van der Waals surface area contributed by atoms with Crippen LogP contribution in [0.25, 0.3) is 0 Å². The van der Waals surface area contributed by atoms with Crippen LogP contribution in [0.1, 0.15) is 13.8 Å². The summed E-state index contributed by atoms with van der Waals surface area (Å²) in [4.78, 5) is 11.2. The number of likely N-dealkylation sites (N-methyl/N-ethyl adjacent to an activating group) is 1. The summed E-state index contributed by atoms with van der Waals surface area (Å²) in [6, 6.07) is 4.15. The molecular formula is C12H19BrClN3O3S. The quantitative estimate of drug-likeness (QED) is 0.788. The fourth-order valence-corrected chi connectivity index (χ4v) is 3.53. The molecule has 0 aliphatic rings. The second-order valence-electron chi connectivity index (χ2n) is 4.43. The zero-order valence-corrected chi connectivity index (χ0v) is 15.2. The third kappa shape index (κ3) is 4.93. The van der Waals surface area contributed by atoms with Gasteiger partial charge in [-0.05, 0) is 41.1 Å². The summed E-state index contributed by atoms with van der Waals surface area (Å²) in [5, 5.41) is 2.60. The standard InChI is InChI=1S/C12H18BrN3O3S.ClH/c1-8(7-14)16(3)20(18,19)10-4-5-12(11(13)6-10)15-9(2)17;/h4-6,8H,7,14H2,1-3H3,(H,15,17);1H. The topological polar surface area (TPSA) is 92.5 Å². The number of benzene rings is 1. The minimum absolute atomic E-state index is 0. The molecule has 120 valence electrons. The number of hydrogen-bond donors (Lipinski definition) is 2. The Morgan fingerprint density at radius 3 is 2.48 bits per heavy atom. The van der Waals surface area contributed by atoms with Crippen molar-refractivity contribution in [2.45, 2.75) is 24.8 Å². The molecule has 0 aliphatic heterocycles. The predicted molar refractivity (Wildman–Crippen MR) is 89.2 cm³/mol. The van der Waals surface area contributed by atoms with E-state index >= 15 is 0 Å². The van der Waals surface area contributed by atoms with Crippen molar-refractivity contribution in [3.05, 3.63) is 22.7 Å². The van der Waals surface area contributed by atoms with Crippen LogP contribution in [0.5, 0.6) is 0 Å². The van der Waals surface area contributed by atoms with Gasteiger partial charge in [0.2, 0.25) is 15.9 Å². The SMILES string of the molecule is CC(=O)Nc1ccc(S(=O)(=O)N(C)C(C)CN)cc1Br.Cl. The Balaban J connectivity index is 0.00000400. The molecule has 0 radical (unpaired) electrons. The number of nitrogens with zero attached hydrogens (tertiary/aromatic N) is 1. The van der Waals surface area contributed by atoms with Crippen LogP contribution in [0, 0.1) is 0 Å². The fraction of sp³-hybridized carbons (Fsp3) is 0.417. The van der Waals surface area contributed by atoms with E-state index in [2.05, 4.69) is 21.2 Å². The van der Waals surface area contributed by atoms with Crippen molar-refractivity contribution in [3.8, 4) is 0 Å². The lowest BCUT2D eigenvalue weighted by molar-refractivity contribution is -0.114. The molecule has 0 bridgehead atoms. The Bertz CT molecular complexity index is 610. The Hall–Kier alpha value is -0.670. The van der Waals surface area contributed by atoms with Crippen molar-refractivity contribution in [3.63, 3.8) is 0 Å². The highest BCUT2D eigenvalue weighted by molar-refractivity contribution is 9.10. The first kappa shape index (κ1) is 20.3. The maximum absolute atomic E-state index is 12.4. The van der Waals surface area contributed by atoms with Crippen LogP contribution in [0.3, 0.4) is 0 Å². The van der Waals surface area contributed by atoms with Gasteiger partial charge < -0.3 is 11.1 Å². The molecule has 9 heteroatoms. The monoisotopic (exact) mass is 399 g/mol. The van der Waals surface area contributed by atoms with Gasteiger partial charge in [0.1, 0.15) is 0 Å². The molecule has 0 aromatic heterocycles. The number of anilines is 1. The summed E-state index contributed by atoms with van der Waals surface area (Å²) in [6.45, 7) is 3.35. The smallest absolute Gasteiger partial charge is 0.243 e. The molecule has 0 fully saturated rings. The Morgan fingerprint density at radius 1 is 1.48 bits per heavy atom. The maximum Gasteiger partial charge on any atom is 0.243 e. The van der Waals surface area contributed by atoms with Crippen LogP contribution in [0.2, 0.25) is 0 Å². The normalized spacial score (nSPS) is 12.7. The maximum atomic E-state index is 12.4. The van der Waals surface area contributed by atoms with E-state index in [1.807, 2.05) is 0 Å². The molecule has 1 aromatic rings. The van der Waals surface area contributed by atoms with Crippen LogP contribution in [0.15, 0.2) is 27.6 Å². The molecule has 0 spiro atoms. The number of rotatable bonds is 5. The molecule has 1 aromatic carbocycles. The number of carbonyl (C=O) groups excluding carboxylic acids is 1. The first-order valence-corrected chi connectivity index (χ1v) is 8.18. The molecule has 0 saturated heterocycles. The van der Waals surface area contributed by atoms with Crippen molar-refractivity contribution in [1.29, 1.82) is 0 Å². The molecule has 0 saturated carbocycles. The van der Waals surface area contributed by atoms with Gasteiger partial charge in [-0.3, -0.25) is 4.79 Å². The molecule has 21 heavy (non-hydrogen) atoms. The molecule has 1 rings (SSSR count). The lowest BCUT2D eigenvalue weighted by Gasteiger charge is -2.23. The van der Waals surface area contributed by atoms with Crippen molar-refractivity contribution >= 4 is 50.0 Å². The van der Waals surface area contributed by atoms with Gasteiger partial charge in [-0.25, -0.2) is 8.42 Å². The van der Waals surface area contributed by atoms with Crippen LogP contribution >= 0.6 is 28.3 Å². The molecule has 1 unspecified atom stereocenters. The van der Waals surface area contributed by atoms with Crippen molar-refractivity contribution in [2.75, 3.05) is 18.9 Å². The summed E-state index contributed by atoms with van der Waals surface area (Å²) in [7, 11) is -2.12. The van der Waals surface area contributed by atoms with E-state index < -0.39 is 10.0 Å². The minimum atomic E-state index is -3.61. The van der Waals surface area contributed by atoms with E-state index in [0.717, 1.165) is 0 Å². The lowest BCUT2D eigenvalue weighted by Crippen LogP contribution is -2.39. The van der Waals surface area contributed by atoms with Gasteiger partial charge in [0.25, 0.3) is 0 Å². The van der Waals surface area contributed by atoms with Gasteiger partial charge in [0.15, 0.2) is 0 Å². The van der Waals surface area contributed by atoms with Crippen molar-refractivity contribution in [1.82, 2.24) is 4.31 Å². The van der Waals surface area contributed by atoms with Gasteiger partial charge in [0.05, 0.1) is 10.6 Å².